The fourth-order valence-electron chi connectivity index (χ4n) is 1.24. The van der Waals surface area contributed by atoms with Crippen LogP contribution in [0.25, 0.3) is 0 Å². The van der Waals surface area contributed by atoms with Crippen LogP contribution in [0.15, 0.2) is 0 Å². The van der Waals surface area contributed by atoms with Gasteiger partial charge in [-0.15, -0.1) is 0 Å². The van der Waals surface area contributed by atoms with Crippen LogP contribution in [0.2, 0.25) is 0 Å². The second-order valence-electron chi connectivity index (χ2n) is 3.17. The maximum Gasteiger partial charge on any atom is 0.265 e. The number of hydrogen-bond acceptors (Lipinski definition) is 4. The standard InChI is InChI=1S/C6H10O4S/c1-11(7,8)10-6(2-3-6)5-4-9-5/h5H,2-4H2,1H3/t5-/m0/s1. The van der Waals surface area contributed by atoms with E-state index in [4.69, 9.17) is 8.92 Å². The highest BCUT2D eigenvalue weighted by atomic mass is 32.2. The Balaban J connectivity index is 2.05. The first-order chi connectivity index (χ1) is 5.02. The van der Waals surface area contributed by atoms with Crippen molar-refractivity contribution in [3.05, 3.63) is 0 Å². The molecular weight excluding hydrogens is 168 g/mol. The molecule has 0 aromatic rings. The molecule has 2 fully saturated rings. The van der Waals surface area contributed by atoms with E-state index in [1.54, 1.807) is 0 Å². The van der Waals surface area contributed by atoms with E-state index in [1.165, 1.54) is 0 Å². The van der Waals surface area contributed by atoms with Crippen molar-refractivity contribution in [2.45, 2.75) is 24.5 Å². The summed E-state index contributed by atoms with van der Waals surface area (Å²) >= 11 is 0. The molecule has 2 rings (SSSR count). The zero-order valence-electron chi connectivity index (χ0n) is 6.24. The molecule has 0 unspecified atom stereocenters. The van der Waals surface area contributed by atoms with Crippen molar-refractivity contribution in [3.8, 4) is 0 Å². The van der Waals surface area contributed by atoms with Gasteiger partial charge in [0.1, 0.15) is 11.7 Å². The fraction of sp³-hybridized carbons (Fsp3) is 1.00. The molecule has 1 saturated heterocycles. The normalized spacial score (nSPS) is 33.4. The fourth-order valence-corrected chi connectivity index (χ4v) is 2.11. The summed E-state index contributed by atoms with van der Waals surface area (Å²) in [4.78, 5) is 0. The van der Waals surface area contributed by atoms with E-state index >= 15 is 0 Å². The molecule has 0 amide bonds. The third-order valence-corrected chi connectivity index (χ3v) is 2.61. The lowest BCUT2D eigenvalue weighted by Gasteiger charge is -2.09. The number of epoxide rings is 1. The lowest BCUT2D eigenvalue weighted by Crippen LogP contribution is -2.24. The van der Waals surface area contributed by atoms with Crippen LogP contribution < -0.4 is 0 Å². The van der Waals surface area contributed by atoms with Crippen LogP contribution in [-0.4, -0.2) is 33.0 Å². The molecule has 4 nitrogen and oxygen atoms in total. The van der Waals surface area contributed by atoms with Crippen molar-refractivity contribution < 1.29 is 17.3 Å². The molecule has 0 bridgehead atoms. The van der Waals surface area contributed by atoms with Gasteiger partial charge in [-0.25, -0.2) is 0 Å². The average molecular weight is 178 g/mol. The van der Waals surface area contributed by atoms with Crippen LogP contribution >= 0.6 is 0 Å². The van der Waals surface area contributed by atoms with Crippen molar-refractivity contribution in [2.75, 3.05) is 12.9 Å². The third kappa shape index (κ3) is 1.55. The van der Waals surface area contributed by atoms with Crippen LogP contribution in [0.4, 0.5) is 0 Å². The molecule has 1 atom stereocenters. The maximum absolute atomic E-state index is 10.7. The van der Waals surface area contributed by atoms with Crippen molar-refractivity contribution in [1.29, 1.82) is 0 Å². The lowest BCUT2D eigenvalue weighted by atomic mass is 10.2. The molecule has 1 aliphatic heterocycles. The van der Waals surface area contributed by atoms with Gasteiger partial charge in [0, 0.05) is 0 Å². The van der Waals surface area contributed by atoms with Crippen molar-refractivity contribution in [3.63, 3.8) is 0 Å². The minimum Gasteiger partial charge on any atom is -0.370 e. The van der Waals surface area contributed by atoms with Gasteiger partial charge in [0.05, 0.1) is 12.9 Å². The van der Waals surface area contributed by atoms with Gasteiger partial charge in [-0.2, -0.15) is 8.42 Å². The van der Waals surface area contributed by atoms with Crippen LogP contribution in [0, 0.1) is 0 Å². The largest absolute Gasteiger partial charge is 0.370 e. The summed E-state index contributed by atoms with van der Waals surface area (Å²) < 4.78 is 31.4. The first-order valence-corrected chi connectivity index (χ1v) is 5.36. The van der Waals surface area contributed by atoms with Gasteiger partial charge in [0.25, 0.3) is 10.1 Å². The molecule has 0 radical (unpaired) electrons. The molecule has 1 saturated carbocycles. The predicted octanol–water partition coefficient (Wildman–Crippen LogP) is -0.106. The first kappa shape index (κ1) is 7.52. The summed E-state index contributed by atoms with van der Waals surface area (Å²) in [5.74, 6) is 0. The third-order valence-electron chi connectivity index (χ3n) is 1.98. The second-order valence-corrected chi connectivity index (χ2v) is 4.75. The Kier molecular flexibility index (Phi) is 1.34. The molecule has 5 heteroatoms. The molecule has 0 spiro atoms. The van der Waals surface area contributed by atoms with Gasteiger partial charge in [0.2, 0.25) is 0 Å². The smallest absolute Gasteiger partial charge is 0.265 e. The summed E-state index contributed by atoms with van der Waals surface area (Å²) in [5, 5.41) is 0. The number of hydrogen-bond donors (Lipinski definition) is 0. The van der Waals surface area contributed by atoms with Gasteiger partial charge >= 0.3 is 0 Å². The average Bonchev–Trinajstić information content (AvgIpc) is 2.49. The van der Waals surface area contributed by atoms with Crippen molar-refractivity contribution >= 4 is 10.1 Å². The highest BCUT2D eigenvalue weighted by molar-refractivity contribution is 7.86. The van der Waals surface area contributed by atoms with E-state index in [0.717, 1.165) is 19.1 Å². The summed E-state index contributed by atoms with van der Waals surface area (Å²) in [6.07, 6.45) is 2.74. The summed E-state index contributed by atoms with van der Waals surface area (Å²) in [5.41, 5.74) is -0.465. The van der Waals surface area contributed by atoms with Crippen molar-refractivity contribution in [1.82, 2.24) is 0 Å². The molecule has 2 aliphatic rings. The Hall–Kier alpha value is -0.130. The molecule has 11 heavy (non-hydrogen) atoms. The SMILES string of the molecule is CS(=O)(=O)OC1([C@@H]2CO2)CC1. The van der Waals surface area contributed by atoms with Gasteiger partial charge in [0.15, 0.2) is 0 Å². The Morgan fingerprint density at radius 1 is 1.55 bits per heavy atom. The van der Waals surface area contributed by atoms with Crippen LogP contribution in [0.5, 0.6) is 0 Å². The van der Waals surface area contributed by atoms with E-state index < -0.39 is 15.7 Å². The van der Waals surface area contributed by atoms with E-state index in [0.29, 0.717) is 6.61 Å². The second kappa shape index (κ2) is 1.97. The molecule has 0 aromatic carbocycles. The lowest BCUT2D eigenvalue weighted by molar-refractivity contribution is 0.146. The Morgan fingerprint density at radius 3 is 2.36 bits per heavy atom. The van der Waals surface area contributed by atoms with Gasteiger partial charge < -0.3 is 4.74 Å². The monoisotopic (exact) mass is 178 g/mol. The zero-order valence-corrected chi connectivity index (χ0v) is 7.06. The molecule has 0 aromatic heterocycles. The minimum atomic E-state index is -3.30. The van der Waals surface area contributed by atoms with E-state index in [9.17, 15) is 8.42 Å². The maximum atomic E-state index is 10.7. The Morgan fingerprint density at radius 2 is 2.09 bits per heavy atom. The van der Waals surface area contributed by atoms with E-state index in [2.05, 4.69) is 0 Å². The van der Waals surface area contributed by atoms with Crippen LogP contribution in [0.3, 0.4) is 0 Å². The molecule has 1 aliphatic carbocycles. The van der Waals surface area contributed by atoms with E-state index in [1.807, 2.05) is 0 Å². The number of rotatable bonds is 3. The minimum absolute atomic E-state index is 0.0391. The molecule has 1 heterocycles. The molecule has 0 N–H and O–H groups in total. The zero-order chi connectivity index (χ0) is 8.11. The predicted molar refractivity (Wildman–Crippen MR) is 37.6 cm³/mol. The topological polar surface area (TPSA) is 55.9 Å². The highest BCUT2D eigenvalue weighted by Crippen LogP contribution is 2.49. The summed E-state index contributed by atoms with van der Waals surface area (Å²) in [7, 11) is -3.30. The van der Waals surface area contributed by atoms with Crippen LogP contribution in [-0.2, 0) is 19.0 Å². The summed E-state index contributed by atoms with van der Waals surface area (Å²) in [6.45, 7) is 0.648. The van der Waals surface area contributed by atoms with Gasteiger partial charge in [-0.05, 0) is 12.8 Å². The van der Waals surface area contributed by atoms with E-state index in [-0.39, 0.29) is 6.10 Å². The van der Waals surface area contributed by atoms with Gasteiger partial charge in [-0.1, -0.05) is 0 Å². The van der Waals surface area contributed by atoms with Gasteiger partial charge in [-0.3, -0.25) is 4.18 Å². The Bertz CT molecular complexity index is 260. The first-order valence-electron chi connectivity index (χ1n) is 3.54. The molecule has 64 valence electrons. The van der Waals surface area contributed by atoms with Crippen LogP contribution in [0.1, 0.15) is 12.8 Å². The molecular formula is C6H10O4S. The Labute approximate surface area is 65.6 Å². The highest BCUT2D eigenvalue weighted by Gasteiger charge is 2.59. The van der Waals surface area contributed by atoms with Crippen molar-refractivity contribution in [2.24, 2.45) is 0 Å². The number of ether oxygens (including phenoxy) is 1. The summed E-state index contributed by atoms with van der Waals surface area (Å²) in [6, 6.07) is 0. The quantitative estimate of drug-likeness (QED) is 0.447.